The predicted octanol–water partition coefficient (Wildman–Crippen LogP) is 8.28. The van der Waals surface area contributed by atoms with Crippen molar-refractivity contribution >= 4 is 40.7 Å². The monoisotopic (exact) mass is 523 g/mol. The van der Waals surface area contributed by atoms with Crippen molar-refractivity contribution in [2.45, 2.75) is 50.3 Å². The molecule has 1 atom stereocenters. The Kier molecular flexibility index (Phi) is 6.16. The number of rotatable bonds is 4. The topological polar surface area (TPSA) is 12.4 Å². The number of para-hydroxylation sites is 1. The fourth-order valence-corrected chi connectivity index (χ4v) is 7.78. The summed E-state index contributed by atoms with van der Waals surface area (Å²) in [5, 5.41) is 5.52. The Morgan fingerprint density at radius 2 is 1.62 bits per heavy atom. The molecule has 0 spiro atoms. The van der Waals surface area contributed by atoms with E-state index in [1.165, 1.54) is 66.6 Å². The van der Waals surface area contributed by atoms with Crippen molar-refractivity contribution in [3.63, 3.8) is 0 Å². The lowest BCUT2D eigenvalue weighted by Crippen LogP contribution is -2.32. The first kappa shape index (κ1) is 24.4. The van der Waals surface area contributed by atoms with E-state index in [0.29, 0.717) is 5.41 Å². The van der Waals surface area contributed by atoms with Crippen LogP contribution in [0.15, 0.2) is 101 Å². The molecule has 2 heteroatoms. The van der Waals surface area contributed by atoms with Gasteiger partial charge in [-0.25, -0.2) is 0 Å². The molecule has 0 radical (unpaired) electrons. The molecular weight excluding hydrogens is 490 g/mol. The molecule has 192 valence electrons. The summed E-state index contributed by atoms with van der Waals surface area (Å²) in [6, 6.07) is 31.2. The minimum atomic E-state index is 0.191. The Labute approximate surface area is 235 Å². The van der Waals surface area contributed by atoms with E-state index in [1.807, 2.05) is 18.0 Å². The molecule has 0 amide bonds. The maximum atomic E-state index is 4.73. The van der Waals surface area contributed by atoms with Crippen LogP contribution in [0, 0.1) is 15.9 Å². The molecule has 0 saturated heterocycles. The van der Waals surface area contributed by atoms with Gasteiger partial charge >= 0.3 is 0 Å². The van der Waals surface area contributed by atoms with E-state index in [2.05, 4.69) is 117 Å². The van der Waals surface area contributed by atoms with Gasteiger partial charge in [-0.2, -0.15) is 0 Å². The second kappa shape index (κ2) is 9.84. The van der Waals surface area contributed by atoms with Crippen LogP contribution in [0.5, 0.6) is 0 Å². The highest BCUT2D eigenvalue weighted by atomic mass is 32.2. The van der Waals surface area contributed by atoms with Gasteiger partial charge < -0.3 is 0 Å². The van der Waals surface area contributed by atoms with Gasteiger partial charge in [-0.05, 0) is 92.4 Å². The molecule has 0 fully saturated rings. The number of fused-ring (bicyclic) bond motifs is 5. The van der Waals surface area contributed by atoms with Gasteiger partial charge in [0, 0.05) is 21.9 Å². The fourth-order valence-electron chi connectivity index (χ4n) is 6.74. The van der Waals surface area contributed by atoms with E-state index in [-0.39, 0.29) is 5.92 Å². The first-order chi connectivity index (χ1) is 19.2. The number of hydrogen-bond acceptors (Lipinski definition) is 2. The van der Waals surface area contributed by atoms with Crippen LogP contribution in [-0.2, 0) is 6.42 Å². The van der Waals surface area contributed by atoms with Gasteiger partial charge in [-0.15, -0.1) is 0 Å². The molecule has 0 saturated carbocycles. The summed E-state index contributed by atoms with van der Waals surface area (Å²) in [4.78, 5) is 7.18. The van der Waals surface area contributed by atoms with Gasteiger partial charge in [-0.3, -0.25) is 4.99 Å². The highest BCUT2D eigenvalue weighted by Crippen LogP contribution is 2.45. The van der Waals surface area contributed by atoms with Crippen molar-refractivity contribution in [1.29, 1.82) is 0 Å². The van der Waals surface area contributed by atoms with Crippen molar-refractivity contribution in [2.24, 2.45) is 10.4 Å². The minimum absolute atomic E-state index is 0.191. The van der Waals surface area contributed by atoms with Crippen molar-refractivity contribution in [3.05, 3.63) is 134 Å². The number of hydrogen-bond donors (Lipinski definition) is 0. The Bertz CT molecular complexity index is 1870. The van der Waals surface area contributed by atoms with Gasteiger partial charge in [0.2, 0.25) is 0 Å². The van der Waals surface area contributed by atoms with Crippen LogP contribution < -0.4 is 10.4 Å². The summed E-state index contributed by atoms with van der Waals surface area (Å²) in [5.41, 5.74) is 7.12. The van der Waals surface area contributed by atoms with Crippen LogP contribution in [0.4, 0.5) is 5.69 Å². The zero-order valence-electron chi connectivity index (χ0n) is 22.7. The van der Waals surface area contributed by atoms with Crippen LogP contribution in [0.25, 0.3) is 17.1 Å². The van der Waals surface area contributed by atoms with Gasteiger partial charge in [0.1, 0.15) is 0 Å². The summed E-state index contributed by atoms with van der Waals surface area (Å²) in [6.45, 7) is 4.75. The fraction of sp³-hybridized carbons (Fsp3) is 0.216. The molecule has 1 aliphatic heterocycles. The highest BCUT2D eigenvalue weighted by Gasteiger charge is 2.32. The lowest BCUT2D eigenvalue weighted by Gasteiger charge is -2.36. The molecule has 4 aromatic rings. The molecular formula is C37H33NS. The minimum Gasteiger partial charge on any atom is -0.256 e. The summed E-state index contributed by atoms with van der Waals surface area (Å²) in [7, 11) is 0. The van der Waals surface area contributed by atoms with E-state index in [1.54, 1.807) is 5.56 Å². The molecule has 39 heavy (non-hydrogen) atoms. The Morgan fingerprint density at radius 3 is 2.51 bits per heavy atom. The molecule has 1 nitrogen and oxygen atoms in total. The zero-order chi connectivity index (χ0) is 26.4. The van der Waals surface area contributed by atoms with Crippen molar-refractivity contribution in [3.8, 4) is 0 Å². The smallest absolute Gasteiger partial charge is 0.0768 e. The maximum Gasteiger partial charge on any atom is 0.0768 e. The first-order valence-corrected chi connectivity index (χ1v) is 15.0. The third kappa shape index (κ3) is 4.13. The van der Waals surface area contributed by atoms with Gasteiger partial charge in [0.15, 0.2) is 0 Å². The van der Waals surface area contributed by atoms with Crippen LogP contribution in [0.1, 0.15) is 61.3 Å². The van der Waals surface area contributed by atoms with Gasteiger partial charge in [-0.1, -0.05) is 111 Å². The Morgan fingerprint density at radius 1 is 0.821 bits per heavy atom. The van der Waals surface area contributed by atoms with E-state index >= 15 is 0 Å². The predicted molar refractivity (Wildman–Crippen MR) is 167 cm³/mol. The lowest BCUT2D eigenvalue weighted by atomic mass is 9.68. The third-order valence-electron chi connectivity index (χ3n) is 9.19. The number of allylic oxidation sites excluding steroid dienone is 1. The summed E-state index contributed by atoms with van der Waals surface area (Å²) >= 11 is 1.83. The van der Waals surface area contributed by atoms with Crippen molar-refractivity contribution in [2.75, 3.05) is 0 Å². The summed E-state index contributed by atoms with van der Waals surface area (Å²) < 4.78 is 0. The quantitative estimate of drug-likeness (QED) is 0.262. The standard InChI is InChI=1S/C37H33NS/c1-3-37(4-2)21-19-25-17-18-30-27-12-6-5-11-26(27)23-31(36(30)32(25)24-37)28-13-7-8-14-29(28)34-20-22-38-33-15-9-10-16-35(33)39-34/h5-20,22-23,31H,3-4,21,24H2,1-2H3. The van der Waals surface area contributed by atoms with Crippen LogP contribution in [0.2, 0.25) is 0 Å². The number of thioether (sulfide) groups is 1. The molecule has 0 bridgehead atoms. The summed E-state index contributed by atoms with van der Waals surface area (Å²) in [5.74, 6) is 0.191. The molecule has 3 aliphatic rings. The van der Waals surface area contributed by atoms with E-state index in [4.69, 9.17) is 4.99 Å². The molecule has 1 unspecified atom stereocenters. The van der Waals surface area contributed by atoms with Crippen molar-refractivity contribution < 1.29 is 0 Å². The van der Waals surface area contributed by atoms with Gasteiger partial charge in [0.05, 0.1) is 5.69 Å². The Hall–Kier alpha value is -3.62. The van der Waals surface area contributed by atoms with Crippen LogP contribution in [0.3, 0.4) is 0 Å². The molecule has 0 N–H and O–H groups in total. The molecule has 4 aromatic carbocycles. The number of benzene rings is 4. The van der Waals surface area contributed by atoms with Crippen LogP contribution >= 0.6 is 11.8 Å². The molecule has 0 aromatic heterocycles. The Balaban J connectivity index is 1.47. The average molecular weight is 524 g/mol. The normalized spacial score (nSPS) is 18.3. The first-order valence-electron chi connectivity index (χ1n) is 14.2. The molecule has 7 rings (SSSR count). The van der Waals surface area contributed by atoms with E-state index in [0.717, 1.165) is 12.1 Å². The van der Waals surface area contributed by atoms with Crippen LogP contribution in [-0.4, -0.2) is 6.21 Å². The number of aliphatic imine (C=N–C) groups is 1. The third-order valence-corrected chi connectivity index (χ3v) is 10.3. The second-order valence-corrected chi connectivity index (χ2v) is 12.2. The maximum absolute atomic E-state index is 4.73. The summed E-state index contributed by atoms with van der Waals surface area (Å²) in [6.07, 6.45) is 14.0. The lowest BCUT2D eigenvalue weighted by molar-refractivity contribution is 0.264. The second-order valence-electron chi connectivity index (χ2n) is 11.1. The highest BCUT2D eigenvalue weighted by molar-refractivity contribution is 8.08. The molecule has 2 aliphatic carbocycles. The average Bonchev–Trinajstić information content (AvgIpc) is 3.23. The largest absolute Gasteiger partial charge is 0.256 e. The van der Waals surface area contributed by atoms with Gasteiger partial charge in [0.25, 0.3) is 0 Å². The van der Waals surface area contributed by atoms with Crippen molar-refractivity contribution in [1.82, 2.24) is 0 Å². The van der Waals surface area contributed by atoms with E-state index < -0.39 is 0 Å². The number of nitrogens with zero attached hydrogens (tertiary/aromatic N) is 1. The zero-order valence-corrected chi connectivity index (χ0v) is 23.5. The molecule has 1 heterocycles. The van der Waals surface area contributed by atoms with E-state index in [9.17, 15) is 0 Å². The SMILES string of the molecule is CCC1(CC)CC=c2ccc3c(c2C1)C(c1ccccc1C1=CC=Nc2ccccc2S1)C=c1ccccc1=3.